The first-order valence-corrected chi connectivity index (χ1v) is 4.48. The minimum Gasteiger partial charge on any atom is -0.481 e. The SMILES string of the molecule is CCC(C)(CCBr)C(=O)O. The van der Waals surface area contributed by atoms with Gasteiger partial charge in [0.15, 0.2) is 0 Å². The standard InChI is InChI=1S/C7H13BrO2/c1-3-7(2,4-5-8)6(9)10/h3-5H2,1-2H3,(H,9,10). The minimum absolute atomic E-state index is 0.538. The van der Waals surface area contributed by atoms with Crippen LogP contribution in [0.5, 0.6) is 0 Å². The van der Waals surface area contributed by atoms with Gasteiger partial charge in [-0.1, -0.05) is 22.9 Å². The molecule has 0 bridgehead atoms. The van der Waals surface area contributed by atoms with Crippen LogP contribution in [0, 0.1) is 5.41 Å². The molecular weight excluding hydrogens is 196 g/mol. The van der Waals surface area contributed by atoms with Gasteiger partial charge in [-0.25, -0.2) is 0 Å². The number of hydrogen-bond acceptors (Lipinski definition) is 1. The quantitative estimate of drug-likeness (QED) is 0.721. The Labute approximate surface area is 69.8 Å². The molecule has 0 saturated heterocycles. The van der Waals surface area contributed by atoms with Crippen LogP contribution in [0.4, 0.5) is 0 Å². The highest BCUT2D eigenvalue weighted by Gasteiger charge is 2.29. The highest BCUT2D eigenvalue weighted by atomic mass is 79.9. The van der Waals surface area contributed by atoms with Crippen molar-refractivity contribution in [3.63, 3.8) is 0 Å². The van der Waals surface area contributed by atoms with E-state index in [1.54, 1.807) is 6.92 Å². The molecule has 0 amide bonds. The van der Waals surface area contributed by atoms with E-state index in [1.807, 2.05) is 6.92 Å². The third kappa shape index (κ3) is 2.29. The maximum atomic E-state index is 10.6. The Bertz CT molecular complexity index is 125. The van der Waals surface area contributed by atoms with Crippen LogP contribution < -0.4 is 0 Å². The van der Waals surface area contributed by atoms with Crippen molar-refractivity contribution in [1.82, 2.24) is 0 Å². The van der Waals surface area contributed by atoms with Gasteiger partial charge in [-0.05, 0) is 19.8 Å². The van der Waals surface area contributed by atoms with Gasteiger partial charge in [0.05, 0.1) is 5.41 Å². The molecule has 0 rings (SSSR count). The zero-order valence-corrected chi connectivity index (χ0v) is 7.94. The molecule has 0 spiro atoms. The fourth-order valence-corrected chi connectivity index (χ4v) is 1.52. The molecule has 1 unspecified atom stereocenters. The third-order valence-electron chi connectivity index (χ3n) is 1.94. The van der Waals surface area contributed by atoms with Crippen LogP contribution in [-0.2, 0) is 4.79 Å². The number of carbonyl (C=O) groups is 1. The predicted octanol–water partition coefficient (Wildman–Crippen LogP) is 2.27. The number of carboxylic acids is 1. The molecule has 1 N–H and O–H groups in total. The van der Waals surface area contributed by atoms with Gasteiger partial charge in [0, 0.05) is 5.33 Å². The van der Waals surface area contributed by atoms with Crippen molar-refractivity contribution in [2.75, 3.05) is 5.33 Å². The van der Waals surface area contributed by atoms with Crippen LogP contribution in [0.1, 0.15) is 26.7 Å². The minimum atomic E-state index is -0.700. The summed E-state index contributed by atoms with van der Waals surface area (Å²) in [5, 5.41) is 9.50. The van der Waals surface area contributed by atoms with Crippen molar-refractivity contribution in [2.45, 2.75) is 26.7 Å². The molecule has 0 aromatic rings. The second-order valence-corrected chi connectivity index (χ2v) is 3.45. The van der Waals surface area contributed by atoms with Crippen LogP contribution >= 0.6 is 15.9 Å². The molecule has 3 heteroatoms. The lowest BCUT2D eigenvalue weighted by Gasteiger charge is -2.20. The Morgan fingerprint density at radius 2 is 2.20 bits per heavy atom. The Hall–Kier alpha value is -0.0500. The first-order valence-electron chi connectivity index (χ1n) is 3.36. The highest BCUT2D eigenvalue weighted by molar-refractivity contribution is 9.09. The summed E-state index contributed by atoms with van der Waals surface area (Å²) in [5.41, 5.74) is -0.538. The molecule has 0 saturated carbocycles. The molecule has 0 aliphatic rings. The van der Waals surface area contributed by atoms with Gasteiger partial charge in [0.25, 0.3) is 0 Å². The summed E-state index contributed by atoms with van der Waals surface area (Å²) in [5.74, 6) is -0.700. The van der Waals surface area contributed by atoms with E-state index in [1.165, 1.54) is 0 Å². The maximum absolute atomic E-state index is 10.6. The van der Waals surface area contributed by atoms with Crippen LogP contribution in [0.15, 0.2) is 0 Å². The third-order valence-corrected chi connectivity index (χ3v) is 2.34. The van der Waals surface area contributed by atoms with E-state index in [4.69, 9.17) is 5.11 Å². The Kier molecular flexibility index (Phi) is 3.94. The average molecular weight is 209 g/mol. The maximum Gasteiger partial charge on any atom is 0.309 e. The summed E-state index contributed by atoms with van der Waals surface area (Å²) in [6.07, 6.45) is 1.38. The summed E-state index contributed by atoms with van der Waals surface area (Å²) >= 11 is 3.23. The Morgan fingerprint density at radius 3 is 2.30 bits per heavy atom. The van der Waals surface area contributed by atoms with Crippen molar-refractivity contribution in [3.05, 3.63) is 0 Å². The van der Waals surface area contributed by atoms with E-state index in [-0.39, 0.29) is 0 Å². The summed E-state index contributed by atoms with van der Waals surface area (Å²) in [4.78, 5) is 10.6. The molecule has 0 aromatic carbocycles. The summed E-state index contributed by atoms with van der Waals surface area (Å²) in [7, 11) is 0. The van der Waals surface area contributed by atoms with E-state index < -0.39 is 11.4 Å². The number of alkyl halides is 1. The number of hydrogen-bond donors (Lipinski definition) is 1. The van der Waals surface area contributed by atoms with Gasteiger partial charge in [-0.2, -0.15) is 0 Å². The Morgan fingerprint density at radius 1 is 1.70 bits per heavy atom. The first-order chi connectivity index (χ1) is 4.56. The van der Waals surface area contributed by atoms with Crippen LogP contribution in [0.3, 0.4) is 0 Å². The van der Waals surface area contributed by atoms with E-state index in [0.717, 1.165) is 5.33 Å². The summed E-state index contributed by atoms with van der Waals surface area (Å²) in [6.45, 7) is 3.67. The lowest BCUT2D eigenvalue weighted by atomic mass is 9.85. The molecule has 1 atom stereocenters. The van der Waals surface area contributed by atoms with E-state index in [0.29, 0.717) is 12.8 Å². The summed E-state index contributed by atoms with van der Waals surface area (Å²) in [6, 6.07) is 0. The van der Waals surface area contributed by atoms with Crippen molar-refractivity contribution in [3.8, 4) is 0 Å². The molecule has 0 aliphatic heterocycles. The van der Waals surface area contributed by atoms with Gasteiger partial charge in [0.1, 0.15) is 0 Å². The Balaban J connectivity index is 4.08. The second-order valence-electron chi connectivity index (χ2n) is 2.66. The second kappa shape index (κ2) is 3.96. The van der Waals surface area contributed by atoms with E-state index in [9.17, 15) is 4.79 Å². The molecular formula is C7H13BrO2. The number of carboxylic acid groups (broad SMARTS) is 1. The first kappa shape index (κ1) is 9.95. The number of halogens is 1. The zero-order chi connectivity index (χ0) is 8.20. The molecule has 0 heterocycles. The number of rotatable bonds is 4. The van der Waals surface area contributed by atoms with Crippen molar-refractivity contribution in [1.29, 1.82) is 0 Å². The number of aliphatic carboxylic acids is 1. The van der Waals surface area contributed by atoms with Gasteiger partial charge < -0.3 is 5.11 Å². The summed E-state index contributed by atoms with van der Waals surface area (Å²) < 4.78 is 0. The smallest absolute Gasteiger partial charge is 0.309 e. The average Bonchev–Trinajstić information content (AvgIpc) is 1.88. The van der Waals surface area contributed by atoms with Crippen molar-refractivity contribution >= 4 is 21.9 Å². The molecule has 60 valence electrons. The predicted molar refractivity (Wildman–Crippen MR) is 44.4 cm³/mol. The zero-order valence-electron chi connectivity index (χ0n) is 6.35. The van der Waals surface area contributed by atoms with Gasteiger partial charge in [-0.3, -0.25) is 4.79 Å². The van der Waals surface area contributed by atoms with Crippen molar-refractivity contribution < 1.29 is 9.90 Å². The van der Waals surface area contributed by atoms with Crippen LogP contribution in [-0.4, -0.2) is 16.4 Å². The monoisotopic (exact) mass is 208 g/mol. The topological polar surface area (TPSA) is 37.3 Å². The van der Waals surface area contributed by atoms with Gasteiger partial charge >= 0.3 is 5.97 Å². The van der Waals surface area contributed by atoms with E-state index in [2.05, 4.69) is 15.9 Å². The van der Waals surface area contributed by atoms with Gasteiger partial charge in [0.2, 0.25) is 0 Å². The van der Waals surface area contributed by atoms with Crippen LogP contribution in [0.25, 0.3) is 0 Å². The molecule has 10 heavy (non-hydrogen) atoms. The lowest BCUT2D eigenvalue weighted by Crippen LogP contribution is -2.26. The molecule has 0 radical (unpaired) electrons. The highest BCUT2D eigenvalue weighted by Crippen LogP contribution is 2.26. The van der Waals surface area contributed by atoms with Gasteiger partial charge in [-0.15, -0.1) is 0 Å². The molecule has 0 aliphatic carbocycles. The lowest BCUT2D eigenvalue weighted by molar-refractivity contribution is -0.148. The fourth-order valence-electron chi connectivity index (χ4n) is 0.643. The fraction of sp³-hybridized carbons (Fsp3) is 0.857. The largest absolute Gasteiger partial charge is 0.481 e. The molecule has 0 fully saturated rings. The van der Waals surface area contributed by atoms with Crippen molar-refractivity contribution in [2.24, 2.45) is 5.41 Å². The molecule has 2 nitrogen and oxygen atoms in total. The normalized spacial score (nSPS) is 16.3. The van der Waals surface area contributed by atoms with E-state index >= 15 is 0 Å². The van der Waals surface area contributed by atoms with Crippen LogP contribution in [0.2, 0.25) is 0 Å². The molecule has 0 aromatic heterocycles.